The van der Waals surface area contributed by atoms with E-state index in [1.807, 2.05) is 39.2 Å². The average Bonchev–Trinajstić information content (AvgIpc) is 2.46. The van der Waals surface area contributed by atoms with Crippen molar-refractivity contribution in [2.45, 2.75) is 59.2 Å². The predicted molar refractivity (Wildman–Crippen MR) is 70.1 cm³/mol. The molecule has 1 atom stereocenters. The fourth-order valence-electron chi connectivity index (χ4n) is 1.52. The van der Waals surface area contributed by atoms with Gasteiger partial charge < -0.3 is 15.0 Å². The second kappa shape index (κ2) is 4.72. The van der Waals surface area contributed by atoms with E-state index >= 15 is 0 Å². The Morgan fingerprint density at radius 3 is 2.33 bits per heavy atom. The first-order valence-electron chi connectivity index (χ1n) is 6.03. The first-order chi connectivity index (χ1) is 8.03. The molecule has 0 amide bonds. The van der Waals surface area contributed by atoms with Gasteiger partial charge in [-0.15, -0.1) is 0 Å². The molecule has 1 aromatic rings. The van der Waals surface area contributed by atoms with Gasteiger partial charge in [-0.2, -0.15) is 0 Å². The number of hydrogen-bond donors (Lipinski definition) is 1. The largest absolute Gasteiger partial charge is 0.459 e. The van der Waals surface area contributed by atoms with Gasteiger partial charge in [0, 0.05) is 5.69 Å². The van der Waals surface area contributed by atoms with Crippen LogP contribution in [-0.4, -0.2) is 26.7 Å². The summed E-state index contributed by atoms with van der Waals surface area (Å²) in [6.45, 7) is 11.4. The molecule has 102 valence electrons. The average molecular weight is 253 g/mol. The van der Waals surface area contributed by atoms with Gasteiger partial charge in [0.2, 0.25) is 0 Å². The molecule has 5 nitrogen and oxygen atoms in total. The van der Waals surface area contributed by atoms with Crippen molar-refractivity contribution in [1.82, 2.24) is 9.55 Å². The highest BCUT2D eigenvalue weighted by molar-refractivity contribution is 5.80. The molecule has 0 aliphatic heterocycles. The van der Waals surface area contributed by atoms with Gasteiger partial charge >= 0.3 is 5.97 Å². The van der Waals surface area contributed by atoms with Gasteiger partial charge in [0.05, 0.1) is 18.6 Å². The van der Waals surface area contributed by atoms with Crippen molar-refractivity contribution in [2.24, 2.45) is 5.73 Å². The quantitative estimate of drug-likeness (QED) is 0.830. The molecule has 0 bridgehead atoms. The molecule has 0 spiro atoms. The first kappa shape index (κ1) is 14.7. The lowest BCUT2D eigenvalue weighted by atomic mass is 10.0. The molecule has 1 unspecified atom stereocenters. The summed E-state index contributed by atoms with van der Waals surface area (Å²) in [5, 5.41) is 0. The molecule has 1 aromatic heterocycles. The number of rotatable bonds is 3. The van der Waals surface area contributed by atoms with Crippen molar-refractivity contribution in [3.63, 3.8) is 0 Å². The molecular weight excluding hydrogens is 230 g/mol. The van der Waals surface area contributed by atoms with Crippen molar-refractivity contribution in [2.75, 3.05) is 0 Å². The van der Waals surface area contributed by atoms with Crippen molar-refractivity contribution < 1.29 is 9.53 Å². The van der Waals surface area contributed by atoms with Gasteiger partial charge in [-0.3, -0.25) is 0 Å². The van der Waals surface area contributed by atoms with E-state index in [1.165, 1.54) is 0 Å². The zero-order valence-electron chi connectivity index (χ0n) is 12.1. The Bertz CT molecular complexity index is 442. The van der Waals surface area contributed by atoms with Crippen LogP contribution in [-0.2, 0) is 16.1 Å². The van der Waals surface area contributed by atoms with Crippen LogP contribution in [0.4, 0.5) is 0 Å². The molecule has 0 aromatic carbocycles. The zero-order chi connectivity index (χ0) is 14.1. The molecular formula is C13H23N3O2. The summed E-state index contributed by atoms with van der Waals surface area (Å²) in [4.78, 5) is 16.2. The van der Waals surface area contributed by atoms with Gasteiger partial charge in [-0.1, -0.05) is 0 Å². The van der Waals surface area contributed by atoms with Crippen molar-refractivity contribution >= 4 is 5.97 Å². The van der Waals surface area contributed by atoms with Crippen LogP contribution in [0.25, 0.3) is 0 Å². The normalized spacial score (nSPS) is 15.3. The van der Waals surface area contributed by atoms with E-state index in [0.717, 1.165) is 11.4 Å². The van der Waals surface area contributed by atoms with Crippen LogP contribution < -0.4 is 5.73 Å². The van der Waals surface area contributed by atoms with Crippen molar-refractivity contribution in [1.29, 1.82) is 0 Å². The molecule has 18 heavy (non-hydrogen) atoms. The Kier molecular flexibility index (Phi) is 3.86. The maximum Gasteiger partial charge on any atom is 0.328 e. The number of hydrogen-bond acceptors (Lipinski definition) is 4. The number of aryl methyl sites for hydroxylation is 1. The minimum atomic E-state index is -1.06. The summed E-state index contributed by atoms with van der Waals surface area (Å²) in [7, 11) is 0. The SMILES string of the molecule is Cc1ncn(CC(C)(N)C(=O)OC(C)(C)C)c1C. The maximum atomic E-state index is 12.0. The Morgan fingerprint density at radius 2 is 1.94 bits per heavy atom. The predicted octanol–water partition coefficient (Wildman–Crippen LogP) is 1.56. The zero-order valence-corrected chi connectivity index (χ0v) is 12.1. The van der Waals surface area contributed by atoms with Crippen LogP contribution in [0.15, 0.2) is 6.33 Å². The number of esters is 1. The Hall–Kier alpha value is -1.36. The Balaban J connectivity index is 2.82. The summed E-state index contributed by atoms with van der Waals surface area (Å²) < 4.78 is 7.20. The number of ether oxygens (including phenoxy) is 1. The van der Waals surface area contributed by atoms with Crippen LogP contribution in [0, 0.1) is 13.8 Å². The van der Waals surface area contributed by atoms with Crippen LogP contribution >= 0.6 is 0 Å². The van der Waals surface area contributed by atoms with E-state index in [2.05, 4.69) is 4.98 Å². The summed E-state index contributed by atoms with van der Waals surface area (Å²) in [6.07, 6.45) is 1.69. The lowest BCUT2D eigenvalue weighted by Gasteiger charge is -2.28. The topological polar surface area (TPSA) is 70.1 Å². The van der Waals surface area contributed by atoms with Crippen LogP contribution in [0.3, 0.4) is 0 Å². The van der Waals surface area contributed by atoms with E-state index < -0.39 is 17.1 Å². The number of carbonyl (C=O) groups is 1. The minimum Gasteiger partial charge on any atom is -0.459 e. The summed E-state index contributed by atoms with van der Waals surface area (Å²) in [5.41, 5.74) is 6.41. The van der Waals surface area contributed by atoms with Crippen LogP contribution in [0.2, 0.25) is 0 Å². The highest BCUT2D eigenvalue weighted by atomic mass is 16.6. The number of imidazole rings is 1. The lowest BCUT2D eigenvalue weighted by Crippen LogP contribution is -2.51. The third kappa shape index (κ3) is 3.57. The van der Waals surface area contributed by atoms with Crippen LogP contribution in [0.1, 0.15) is 39.1 Å². The number of nitrogens with zero attached hydrogens (tertiary/aromatic N) is 2. The van der Waals surface area contributed by atoms with Crippen molar-refractivity contribution in [3.05, 3.63) is 17.7 Å². The van der Waals surface area contributed by atoms with Crippen LogP contribution in [0.5, 0.6) is 0 Å². The maximum absolute atomic E-state index is 12.0. The highest BCUT2D eigenvalue weighted by Crippen LogP contribution is 2.16. The summed E-state index contributed by atoms with van der Waals surface area (Å²) in [6, 6.07) is 0. The molecule has 2 N–H and O–H groups in total. The number of carbonyl (C=O) groups excluding carboxylic acids is 1. The molecule has 0 aliphatic carbocycles. The lowest BCUT2D eigenvalue weighted by molar-refractivity contribution is -0.161. The molecule has 5 heteroatoms. The fraction of sp³-hybridized carbons (Fsp3) is 0.692. The van der Waals surface area contributed by atoms with E-state index in [-0.39, 0.29) is 0 Å². The van der Waals surface area contributed by atoms with E-state index in [1.54, 1.807) is 13.3 Å². The standard InChI is InChI=1S/C13H23N3O2/c1-9-10(2)16(8-15-9)7-13(6,14)11(17)18-12(3,4)5/h8H,7,14H2,1-6H3. The molecule has 0 fully saturated rings. The monoisotopic (exact) mass is 253 g/mol. The van der Waals surface area contributed by atoms with Gasteiger partial charge in [-0.25, -0.2) is 9.78 Å². The number of aromatic nitrogens is 2. The smallest absolute Gasteiger partial charge is 0.328 e. The van der Waals surface area contributed by atoms with E-state index in [0.29, 0.717) is 6.54 Å². The Labute approximate surface area is 108 Å². The third-order valence-electron chi connectivity index (χ3n) is 2.71. The number of nitrogens with two attached hydrogens (primary N) is 1. The second-order valence-corrected chi connectivity index (χ2v) is 5.96. The summed E-state index contributed by atoms with van der Waals surface area (Å²) >= 11 is 0. The molecule has 0 aliphatic rings. The molecule has 1 heterocycles. The molecule has 0 radical (unpaired) electrons. The van der Waals surface area contributed by atoms with Crippen molar-refractivity contribution in [3.8, 4) is 0 Å². The van der Waals surface area contributed by atoms with Gasteiger partial charge in [-0.05, 0) is 41.5 Å². The van der Waals surface area contributed by atoms with Gasteiger partial charge in [0.25, 0.3) is 0 Å². The fourth-order valence-corrected chi connectivity index (χ4v) is 1.52. The minimum absolute atomic E-state index is 0.356. The van der Waals surface area contributed by atoms with E-state index in [4.69, 9.17) is 10.5 Å². The Morgan fingerprint density at radius 1 is 1.39 bits per heavy atom. The second-order valence-electron chi connectivity index (χ2n) is 5.96. The molecule has 1 rings (SSSR count). The van der Waals surface area contributed by atoms with Gasteiger partial charge in [0.1, 0.15) is 11.1 Å². The summed E-state index contributed by atoms with van der Waals surface area (Å²) in [5.74, 6) is -0.402. The molecule has 0 saturated carbocycles. The third-order valence-corrected chi connectivity index (χ3v) is 2.71. The molecule has 0 saturated heterocycles. The first-order valence-corrected chi connectivity index (χ1v) is 6.03. The van der Waals surface area contributed by atoms with E-state index in [9.17, 15) is 4.79 Å². The van der Waals surface area contributed by atoms with Gasteiger partial charge in [0.15, 0.2) is 0 Å². The highest BCUT2D eigenvalue weighted by Gasteiger charge is 2.34.